The van der Waals surface area contributed by atoms with Gasteiger partial charge in [0.1, 0.15) is 11.6 Å². The number of nitrogens with zero attached hydrogens (tertiary/aromatic N) is 2. The van der Waals surface area contributed by atoms with Gasteiger partial charge in [0.25, 0.3) is 0 Å². The summed E-state index contributed by atoms with van der Waals surface area (Å²) in [5, 5.41) is 0. The topological polar surface area (TPSA) is 61.0 Å². The number of methoxy groups -OCH3 is 1. The Morgan fingerprint density at radius 2 is 2.00 bits per heavy atom. The van der Waals surface area contributed by atoms with Crippen molar-refractivity contribution in [3.63, 3.8) is 0 Å². The van der Waals surface area contributed by atoms with Gasteiger partial charge in [0.05, 0.1) is 22.8 Å². The molecule has 2 N–H and O–H groups in total. The zero-order valence-corrected chi connectivity index (χ0v) is 14.5. The van der Waals surface area contributed by atoms with Gasteiger partial charge in [0.2, 0.25) is 0 Å². The Hall–Kier alpha value is -1.14. The van der Waals surface area contributed by atoms with Crippen molar-refractivity contribution in [3.05, 3.63) is 32.8 Å². The Morgan fingerprint density at radius 3 is 2.65 bits per heavy atom. The van der Waals surface area contributed by atoms with Crippen molar-refractivity contribution in [1.82, 2.24) is 9.97 Å². The number of hydrogen-bond acceptors (Lipinski definition) is 4. The molecule has 0 aliphatic rings. The highest BCUT2D eigenvalue weighted by molar-refractivity contribution is 9.11. The summed E-state index contributed by atoms with van der Waals surface area (Å²) in [7, 11) is 1.63. The van der Waals surface area contributed by atoms with Crippen LogP contribution in [0.1, 0.15) is 19.0 Å². The molecule has 1 aromatic carbocycles. The van der Waals surface area contributed by atoms with Crippen LogP contribution < -0.4 is 10.5 Å². The molecular formula is C14H15Br2N3O. The summed E-state index contributed by atoms with van der Waals surface area (Å²) in [5.41, 5.74) is 7.70. The minimum Gasteiger partial charge on any atom is -0.496 e. The molecule has 2 aromatic rings. The largest absolute Gasteiger partial charge is 0.496 e. The fraction of sp³-hybridized carbons (Fsp3) is 0.286. The Balaban J connectivity index is 2.60. The van der Waals surface area contributed by atoms with Gasteiger partial charge in [0, 0.05) is 4.47 Å². The molecule has 106 valence electrons. The lowest BCUT2D eigenvalue weighted by molar-refractivity contribution is 0.416. The molecule has 0 atom stereocenters. The Labute approximate surface area is 135 Å². The van der Waals surface area contributed by atoms with E-state index in [-0.39, 0.29) is 0 Å². The van der Waals surface area contributed by atoms with Crippen LogP contribution >= 0.6 is 31.9 Å². The van der Waals surface area contributed by atoms with Gasteiger partial charge in [-0.15, -0.1) is 0 Å². The van der Waals surface area contributed by atoms with Gasteiger partial charge in [-0.25, -0.2) is 9.97 Å². The number of aromatic nitrogens is 2. The molecule has 0 saturated carbocycles. The third-order valence-corrected chi connectivity index (χ3v) is 4.19. The lowest BCUT2D eigenvalue weighted by Crippen LogP contribution is -2.03. The highest BCUT2D eigenvalue weighted by Crippen LogP contribution is 2.33. The second-order valence-electron chi connectivity index (χ2n) is 4.29. The predicted octanol–water partition coefficient (Wildman–Crippen LogP) is 4.21. The summed E-state index contributed by atoms with van der Waals surface area (Å²) in [4.78, 5) is 8.96. The van der Waals surface area contributed by atoms with E-state index >= 15 is 0 Å². The molecule has 1 aromatic heterocycles. The lowest BCUT2D eigenvalue weighted by Gasteiger charge is -2.11. The molecule has 0 spiro atoms. The first kappa shape index (κ1) is 15.3. The van der Waals surface area contributed by atoms with Gasteiger partial charge in [-0.3, -0.25) is 0 Å². The maximum atomic E-state index is 5.97. The first-order valence-corrected chi connectivity index (χ1v) is 7.81. The molecule has 4 nitrogen and oxygen atoms in total. The highest BCUT2D eigenvalue weighted by Gasteiger charge is 2.14. The molecule has 0 saturated heterocycles. The first-order valence-electron chi connectivity index (χ1n) is 6.22. The van der Waals surface area contributed by atoms with Crippen molar-refractivity contribution in [2.45, 2.75) is 19.8 Å². The molecule has 2 rings (SSSR count). The third-order valence-electron chi connectivity index (χ3n) is 2.83. The molecule has 6 heteroatoms. The number of aryl methyl sites for hydroxylation is 1. The van der Waals surface area contributed by atoms with Gasteiger partial charge in [-0.2, -0.15) is 0 Å². The number of nitrogen functional groups attached to an aromatic ring is 1. The predicted molar refractivity (Wildman–Crippen MR) is 87.8 cm³/mol. The van der Waals surface area contributed by atoms with Gasteiger partial charge < -0.3 is 10.5 Å². The average Bonchev–Trinajstić information content (AvgIpc) is 2.43. The fourth-order valence-corrected chi connectivity index (χ4v) is 2.63. The van der Waals surface area contributed by atoms with Gasteiger partial charge >= 0.3 is 0 Å². The number of halogens is 2. The van der Waals surface area contributed by atoms with Crippen molar-refractivity contribution in [2.75, 3.05) is 12.8 Å². The molecule has 0 fully saturated rings. The molecule has 1 heterocycles. The smallest absolute Gasteiger partial charge is 0.165 e. The molecule has 0 radical (unpaired) electrons. The van der Waals surface area contributed by atoms with Crippen LogP contribution in [0, 0.1) is 0 Å². The van der Waals surface area contributed by atoms with Crippen molar-refractivity contribution in [2.24, 2.45) is 0 Å². The van der Waals surface area contributed by atoms with E-state index in [1.165, 1.54) is 0 Å². The Bertz CT molecular complexity index is 632. The number of rotatable bonds is 4. The van der Waals surface area contributed by atoms with Crippen LogP contribution in [0.2, 0.25) is 0 Å². The monoisotopic (exact) mass is 399 g/mol. The van der Waals surface area contributed by atoms with Crippen molar-refractivity contribution in [1.29, 1.82) is 0 Å². The second kappa shape index (κ2) is 6.54. The van der Waals surface area contributed by atoms with Crippen molar-refractivity contribution < 1.29 is 4.74 Å². The van der Waals surface area contributed by atoms with Gasteiger partial charge in [0.15, 0.2) is 5.82 Å². The normalized spacial score (nSPS) is 10.6. The van der Waals surface area contributed by atoms with Crippen molar-refractivity contribution in [3.8, 4) is 17.1 Å². The summed E-state index contributed by atoms with van der Waals surface area (Å²) in [6.45, 7) is 2.10. The first-order chi connectivity index (χ1) is 9.56. The summed E-state index contributed by atoms with van der Waals surface area (Å²) in [6, 6.07) is 5.72. The van der Waals surface area contributed by atoms with Crippen LogP contribution in [-0.2, 0) is 6.42 Å². The van der Waals surface area contributed by atoms with Gasteiger partial charge in [-0.05, 0) is 40.5 Å². The number of anilines is 1. The molecular weight excluding hydrogens is 386 g/mol. The average molecular weight is 401 g/mol. The molecule has 0 aliphatic heterocycles. The zero-order chi connectivity index (χ0) is 14.7. The third kappa shape index (κ3) is 3.12. The minimum atomic E-state index is 0.445. The SMILES string of the molecule is CCCc1nc(-c2cc(Br)ccc2OC)nc(N)c1Br. The van der Waals surface area contributed by atoms with E-state index < -0.39 is 0 Å². The van der Waals surface area contributed by atoms with Crippen LogP contribution in [0.3, 0.4) is 0 Å². The van der Waals surface area contributed by atoms with E-state index in [4.69, 9.17) is 10.5 Å². The number of benzene rings is 1. The minimum absolute atomic E-state index is 0.445. The second-order valence-corrected chi connectivity index (χ2v) is 6.00. The van der Waals surface area contributed by atoms with Gasteiger partial charge in [-0.1, -0.05) is 29.3 Å². The van der Waals surface area contributed by atoms with E-state index in [0.717, 1.165) is 38.8 Å². The van der Waals surface area contributed by atoms with E-state index in [0.29, 0.717) is 11.6 Å². The molecule has 20 heavy (non-hydrogen) atoms. The standard InChI is InChI=1S/C14H15Br2N3O/c1-3-4-10-12(16)13(17)19-14(18-10)9-7-8(15)5-6-11(9)20-2/h5-7H,3-4H2,1-2H3,(H2,17,18,19). The number of ether oxygens (including phenoxy) is 1. The molecule has 0 unspecified atom stereocenters. The maximum absolute atomic E-state index is 5.97. The van der Waals surface area contributed by atoms with E-state index in [9.17, 15) is 0 Å². The summed E-state index contributed by atoms with van der Waals surface area (Å²) in [6.07, 6.45) is 1.83. The van der Waals surface area contributed by atoms with E-state index in [1.807, 2.05) is 18.2 Å². The van der Waals surface area contributed by atoms with Crippen LogP contribution in [0.4, 0.5) is 5.82 Å². The van der Waals surface area contributed by atoms with Crippen LogP contribution in [-0.4, -0.2) is 17.1 Å². The Kier molecular flexibility index (Phi) is 4.99. The highest BCUT2D eigenvalue weighted by atomic mass is 79.9. The van der Waals surface area contributed by atoms with E-state index in [1.54, 1.807) is 7.11 Å². The Morgan fingerprint density at radius 1 is 1.25 bits per heavy atom. The van der Waals surface area contributed by atoms with Crippen LogP contribution in [0.25, 0.3) is 11.4 Å². The van der Waals surface area contributed by atoms with Crippen LogP contribution in [0.5, 0.6) is 5.75 Å². The maximum Gasteiger partial charge on any atom is 0.165 e. The van der Waals surface area contributed by atoms with Crippen molar-refractivity contribution >= 4 is 37.7 Å². The molecule has 0 aliphatic carbocycles. The van der Waals surface area contributed by atoms with E-state index in [2.05, 4.69) is 48.8 Å². The molecule has 0 bridgehead atoms. The zero-order valence-electron chi connectivity index (χ0n) is 11.3. The summed E-state index contributed by atoms with van der Waals surface area (Å²) >= 11 is 6.90. The number of nitrogens with two attached hydrogens (primary N) is 1. The number of hydrogen-bond donors (Lipinski definition) is 1. The fourth-order valence-electron chi connectivity index (χ4n) is 1.89. The summed E-state index contributed by atoms with van der Waals surface area (Å²) < 4.78 is 7.09. The lowest BCUT2D eigenvalue weighted by atomic mass is 10.1. The summed E-state index contributed by atoms with van der Waals surface area (Å²) in [5.74, 6) is 1.74. The van der Waals surface area contributed by atoms with Crippen LogP contribution in [0.15, 0.2) is 27.1 Å². The molecule has 0 amide bonds. The quantitative estimate of drug-likeness (QED) is 0.834.